The molecule has 0 spiro atoms. The minimum Gasteiger partial charge on any atom is -0.315 e. The van der Waals surface area contributed by atoms with Crippen LogP contribution in [0.3, 0.4) is 0 Å². The predicted octanol–water partition coefficient (Wildman–Crippen LogP) is 1.98. The van der Waals surface area contributed by atoms with Crippen LogP contribution in [-0.2, 0) is 16.2 Å². The van der Waals surface area contributed by atoms with Crippen molar-refractivity contribution < 1.29 is 21.6 Å². The fourth-order valence-electron chi connectivity index (χ4n) is 2.24. The van der Waals surface area contributed by atoms with Gasteiger partial charge >= 0.3 is 6.18 Å². The van der Waals surface area contributed by atoms with Crippen LogP contribution in [0.1, 0.15) is 18.9 Å². The summed E-state index contributed by atoms with van der Waals surface area (Å²) in [6.45, 7) is 3.29. The van der Waals surface area contributed by atoms with Crippen molar-refractivity contribution in [2.75, 3.05) is 13.1 Å². The van der Waals surface area contributed by atoms with Crippen LogP contribution in [0, 0.1) is 5.92 Å². The molecule has 21 heavy (non-hydrogen) atoms. The maximum atomic E-state index is 12.5. The molecule has 0 aromatic heterocycles. The predicted molar refractivity (Wildman–Crippen MR) is 72.2 cm³/mol. The topological polar surface area (TPSA) is 58.2 Å². The van der Waals surface area contributed by atoms with Gasteiger partial charge in [-0.25, -0.2) is 13.1 Å². The van der Waals surface area contributed by atoms with Gasteiger partial charge in [0.05, 0.1) is 10.5 Å². The number of rotatable bonds is 3. The minimum absolute atomic E-state index is 0.159. The summed E-state index contributed by atoms with van der Waals surface area (Å²) in [4.78, 5) is -0.159. The van der Waals surface area contributed by atoms with Crippen molar-refractivity contribution in [2.24, 2.45) is 5.92 Å². The molecule has 2 unspecified atom stereocenters. The van der Waals surface area contributed by atoms with Gasteiger partial charge in [-0.15, -0.1) is 0 Å². The third-order valence-corrected chi connectivity index (χ3v) is 5.13. The van der Waals surface area contributed by atoms with E-state index in [0.717, 1.165) is 37.2 Å². The van der Waals surface area contributed by atoms with Crippen LogP contribution in [-0.4, -0.2) is 27.5 Å². The summed E-state index contributed by atoms with van der Waals surface area (Å²) in [6, 6.07) is 3.25. The van der Waals surface area contributed by atoms with Gasteiger partial charge in [0, 0.05) is 12.6 Å². The average molecular weight is 322 g/mol. The average Bonchev–Trinajstić information content (AvgIpc) is 2.40. The Morgan fingerprint density at radius 3 is 2.38 bits per heavy atom. The van der Waals surface area contributed by atoms with E-state index >= 15 is 0 Å². The van der Waals surface area contributed by atoms with E-state index < -0.39 is 21.8 Å². The van der Waals surface area contributed by atoms with Crippen molar-refractivity contribution in [3.63, 3.8) is 0 Å². The van der Waals surface area contributed by atoms with Gasteiger partial charge in [0.15, 0.2) is 0 Å². The van der Waals surface area contributed by atoms with E-state index in [1.54, 1.807) is 0 Å². The summed E-state index contributed by atoms with van der Waals surface area (Å²) >= 11 is 0. The molecular formula is C13H17F3N2O2S. The Labute approximate surface area is 121 Å². The summed E-state index contributed by atoms with van der Waals surface area (Å²) < 4.78 is 64.3. The van der Waals surface area contributed by atoms with Crippen LogP contribution in [0.5, 0.6) is 0 Å². The third kappa shape index (κ3) is 3.96. The Balaban J connectivity index is 2.16. The molecule has 8 heteroatoms. The second-order valence-corrected chi connectivity index (χ2v) is 6.93. The zero-order chi connectivity index (χ0) is 15.7. The second kappa shape index (κ2) is 5.94. The van der Waals surface area contributed by atoms with Crippen LogP contribution in [0.2, 0.25) is 0 Å². The smallest absolute Gasteiger partial charge is 0.315 e. The van der Waals surface area contributed by atoms with Gasteiger partial charge in [-0.1, -0.05) is 6.92 Å². The lowest BCUT2D eigenvalue weighted by molar-refractivity contribution is -0.137. The summed E-state index contributed by atoms with van der Waals surface area (Å²) in [7, 11) is -3.81. The Bertz CT molecular complexity index is 584. The van der Waals surface area contributed by atoms with E-state index in [0.29, 0.717) is 6.54 Å². The van der Waals surface area contributed by atoms with E-state index in [2.05, 4.69) is 10.0 Å². The van der Waals surface area contributed by atoms with Crippen LogP contribution in [0.4, 0.5) is 13.2 Å². The Morgan fingerprint density at radius 2 is 1.86 bits per heavy atom. The van der Waals surface area contributed by atoms with Crippen molar-refractivity contribution in [3.8, 4) is 0 Å². The van der Waals surface area contributed by atoms with Crippen LogP contribution < -0.4 is 10.0 Å². The van der Waals surface area contributed by atoms with Crippen molar-refractivity contribution in [2.45, 2.75) is 30.5 Å². The lowest BCUT2D eigenvalue weighted by Crippen LogP contribution is -2.50. The first-order chi connectivity index (χ1) is 9.70. The van der Waals surface area contributed by atoms with E-state index in [4.69, 9.17) is 0 Å². The molecule has 1 aliphatic rings. The van der Waals surface area contributed by atoms with Crippen molar-refractivity contribution >= 4 is 10.0 Å². The highest BCUT2D eigenvalue weighted by atomic mass is 32.2. The second-order valence-electron chi connectivity index (χ2n) is 5.22. The molecule has 2 rings (SSSR count). The van der Waals surface area contributed by atoms with Gasteiger partial charge in [-0.05, 0) is 43.1 Å². The highest BCUT2D eigenvalue weighted by Crippen LogP contribution is 2.29. The Kier molecular flexibility index (Phi) is 4.60. The molecule has 0 aliphatic carbocycles. The molecule has 0 radical (unpaired) electrons. The quantitative estimate of drug-likeness (QED) is 0.895. The zero-order valence-corrected chi connectivity index (χ0v) is 12.3. The van der Waals surface area contributed by atoms with Crippen LogP contribution in [0.15, 0.2) is 29.2 Å². The molecule has 1 saturated heterocycles. The molecule has 1 aromatic rings. The van der Waals surface area contributed by atoms with Gasteiger partial charge in [0.1, 0.15) is 0 Å². The number of piperidine rings is 1. The van der Waals surface area contributed by atoms with Gasteiger partial charge in [0.2, 0.25) is 10.0 Å². The SMILES string of the molecule is CC1CCNCC1NS(=O)(=O)c1ccc(C(F)(F)F)cc1. The van der Waals surface area contributed by atoms with E-state index in [-0.39, 0.29) is 16.9 Å². The first-order valence-corrected chi connectivity index (χ1v) is 8.09. The maximum absolute atomic E-state index is 12.5. The molecule has 1 aromatic carbocycles. The summed E-state index contributed by atoms with van der Waals surface area (Å²) in [5, 5.41) is 3.09. The summed E-state index contributed by atoms with van der Waals surface area (Å²) in [6.07, 6.45) is -3.63. The largest absolute Gasteiger partial charge is 0.416 e. The standard InChI is InChI=1S/C13H17F3N2O2S/c1-9-6-7-17-8-12(9)18-21(19,20)11-4-2-10(3-5-11)13(14,15)16/h2-5,9,12,17-18H,6-8H2,1H3. The van der Waals surface area contributed by atoms with Crippen molar-refractivity contribution in [3.05, 3.63) is 29.8 Å². The first-order valence-electron chi connectivity index (χ1n) is 6.60. The molecule has 2 atom stereocenters. The molecule has 2 N–H and O–H groups in total. The van der Waals surface area contributed by atoms with Crippen LogP contribution in [0.25, 0.3) is 0 Å². The molecule has 1 heterocycles. The molecule has 1 aliphatic heterocycles. The number of alkyl halides is 3. The van der Waals surface area contributed by atoms with Gasteiger partial charge in [-0.2, -0.15) is 13.2 Å². The normalized spacial score (nSPS) is 24.0. The lowest BCUT2D eigenvalue weighted by atomic mass is 9.96. The molecule has 1 fully saturated rings. The molecular weight excluding hydrogens is 305 g/mol. The number of hydrogen-bond donors (Lipinski definition) is 2. The highest BCUT2D eigenvalue weighted by molar-refractivity contribution is 7.89. The van der Waals surface area contributed by atoms with E-state index in [9.17, 15) is 21.6 Å². The number of halogens is 3. The number of hydrogen-bond acceptors (Lipinski definition) is 3. The first kappa shape index (κ1) is 16.3. The Morgan fingerprint density at radius 1 is 1.24 bits per heavy atom. The monoisotopic (exact) mass is 322 g/mol. The molecule has 0 bridgehead atoms. The number of nitrogens with one attached hydrogen (secondary N) is 2. The van der Waals surface area contributed by atoms with Gasteiger partial charge in [0.25, 0.3) is 0 Å². The van der Waals surface area contributed by atoms with E-state index in [1.165, 1.54) is 0 Å². The molecule has 0 saturated carbocycles. The van der Waals surface area contributed by atoms with Crippen LogP contribution >= 0.6 is 0 Å². The number of sulfonamides is 1. The Hall–Kier alpha value is -1.12. The molecule has 118 valence electrons. The fraction of sp³-hybridized carbons (Fsp3) is 0.538. The zero-order valence-electron chi connectivity index (χ0n) is 11.4. The molecule has 4 nitrogen and oxygen atoms in total. The van der Waals surface area contributed by atoms with Gasteiger partial charge in [-0.3, -0.25) is 0 Å². The van der Waals surface area contributed by atoms with Crippen molar-refractivity contribution in [1.29, 1.82) is 0 Å². The van der Waals surface area contributed by atoms with Gasteiger partial charge < -0.3 is 5.32 Å². The summed E-state index contributed by atoms with van der Waals surface area (Å²) in [5.41, 5.74) is -0.867. The fourth-order valence-corrected chi connectivity index (χ4v) is 3.58. The molecule has 0 amide bonds. The van der Waals surface area contributed by atoms with E-state index in [1.807, 2.05) is 6.92 Å². The number of benzene rings is 1. The lowest BCUT2D eigenvalue weighted by Gasteiger charge is -2.30. The highest BCUT2D eigenvalue weighted by Gasteiger charge is 2.31. The van der Waals surface area contributed by atoms with Crippen molar-refractivity contribution in [1.82, 2.24) is 10.0 Å². The minimum atomic E-state index is -4.47. The maximum Gasteiger partial charge on any atom is 0.416 e. The summed E-state index contributed by atoms with van der Waals surface area (Å²) in [5.74, 6) is 0.176. The third-order valence-electron chi connectivity index (χ3n) is 3.63.